The number of aromatic nitrogens is 3. The second-order valence-electron chi connectivity index (χ2n) is 5.37. The first-order valence-electron chi connectivity index (χ1n) is 5.70. The zero-order valence-electron chi connectivity index (χ0n) is 9.82. The molecule has 1 aromatic rings. The van der Waals surface area contributed by atoms with Crippen LogP contribution in [0.2, 0.25) is 19.6 Å². The summed E-state index contributed by atoms with van der Waals surface area (Å²) in [4.78, 5) is 0. The van der Waals surface area contributed by atoms with E-state index in [0.29, 0.717) is 6.04 Å². The molecular formula is C10H20N4Si. The van der Waals surface area contributed by atoms with Crippen molar-refractivity contribution in [2.24, 2.45) is 0 Å². The van der Waals surface area contributed by atoms with Gasteiger partial charge in [-0.2, -0.15) is 0 Å². The Bertz CT molecular complexity index is 322. The Morgan fingerprint density at radius 2 is 2.33 bits per heavy atom. The first kappa shape index (κ1) is 10.8. The van der Waals surface area contributed by atoms with Crippen molar-refractivity contribution in [1.82, 2.24) is 20.3 Å². The zero-order valence-corrected chi connectivity index (χ0v) is 10.8. The molecule has 1 atom stereocenters. The summed E-state index contributed by atoms with van der Waals surface area (Å²) in [7, 11) is -1.28. The van der Waals surface area contributed by atoms with Crippen LogP contribution in [-0.4, -0.2) is 35.7 Å². The maximum Gasteiger partial charge on any atom is 0.106 e. The van der Waals surface area contributed by atoms with Crippen molar-refractivity contribution in [1.29, 1.82) is 0 Å². The zero-order chi connectivity index (χ0) is 10.9. The second kappa shape index (κ2) is 4.06. The summed E-state index contributed by atoms with van der Waals surface area (Å²) in [6.45, 7) is 9.03. The summed E-state index contributed by atoms with van der Waals surface area (Å²) in [6.07, 6.45) is 4.69. The highest BCUT2D eigenvalue weighted by Crippen LogP contribution is 2.06. The average molecular weight is 224 g/mol. The third-order valence-electron chi connectivity index (χ3n) is 2.88. The minimum Gasteiger partial charge on any atom is -0.312 e. The maximum atomic E-state index is 4.28. The van der Waals surface area contributed by atoms with Crippen LogP contribution in [0.25, 0.3) is 0 Å². The first-order chi connectivity index (χ1) is 7.05. The smallest absolute Gasteiger partial charge is 0.106 e. The van der Waals surface area contributed by atoms with Crippen LogP contribution in [0.4, 0.5) is 0 Å². The Hall–Kier alpha value is -0.683. The second-order valence-corrected chi connectivity index (χ2v) is 10.4. The van der Waals surface area contributed by atoms with Gasteiger partial charge in [0.1, 0.15) is 8.07 Å². The lowest BCUT2D eigenvalue weighted by Crippen LogP contribution is -2.38. The molecule has 4 nitrogen and oxygen atoms in total. The molecule has 0 unspecified atom stereocenters. The first-order valence-corrected chi connectivity index (χ1v) is 9.20. The van der Waals surface area contributed by atoms with Crippen LogP contribution in [0.5, 0.6) is 0 Å². The van der Waals surface area contributed by atoms with Crippen molar-refractivity contribution in [2.45, 2.75) is 45.1 Å². The standard InChI is InChI=1S/C10H20N4Si/c1-15(2,3)10-8-14(13-12-10)7-9-5-4-6-11-9/h8-9,11H,4-7H2,1-3H3/t9-/m0/s1. The third-order valence-corrected chi connectivity index (χ3v) is 4.64. The Balaban J connectivity index is 2.00. The molecule has 1 N–H and O–H groups in total. The van der Waals surface area contributed by atoms with Gasteiger partial charge in [0.25, 0.3) is 0 Å². The van der Waals surface area contributed by atoms with E-state index in [4.69, 9.17) is 0 Å². The third kappa shape index (κ3) is 2.66. The predicted molar refractivity (Wildman–Crippen MR) is 64.0 cm³/mol. The van der Waals surface area contributed by atoms with Gasteiger partial charge in [-0.3, -0.25) is 4.68 Å². The van der Waals surface area contributed by atoms with E-state index in [-0.39, 0.29) is 0 Å². The van der Waals surface area contributed by atoms with Gasteiger partial charge in [0.2, 0.25) is 0 Å². The van der Waals surface area contributed by atoms with Crippen LogP contribution in [-0.2, 0) is 6.54 Å². The van der Waals surface area contributed by atoms with Gasteiger partial charge < -0.3 is 5.32 Å². The lowest BCUT2D eigenvalue weighted by molar-refractivity contribution is 0.466. The lowest BCUT2D eigenvalue weighted by Gasteiger charge is -2.11. The van der Waals surface area contributed by atoms with Gasteiger partial charge in [0, 0.05) is 12.2 Å². The van der Waals surface area contributed by atoms with Crippen LogP contribution >= 0.6 is 0 Å². The van der Waals surface area contributed by atoms with Crippen molar-refractivity contribution in [3.8, 4) is 0 Å². The summed E-state index contributed by atoms with van der Waals surface area (Å²) in [5, 5.41) is 13.2. The summed E-state index contributed by atoms with van der Waals surface area (Å²) in [5.74, 6) is 0. The largest absolute Gasteiger partial charge is 0.312 e. The fraction of sp³-hybridized carbons (Fsp3) is 0.800. The highest BCUT2D eigenvalue weighted by molar-refractivity contribution is 6.88. The molecule has 1 aliphatic heterocycles. The van der Waals surface area contributed by atoms with Crippen molar-refractivity contribution >= 4 is 13.4 Å². The fourth-order valence-corrected chi connectivity index (χ4v) is 2.75. The van der Waals surface area contributed by atoms with Crippen LogP contribution in [0.15, 0.2) is 6.20 Å². The quantitative estimate of drug-likeness (QED) is 0.764. The SMILES string of the molecule is C[Si](C)(C)c1cn(C[C@@H]2CCCN2)nn1. The van der Waals surface area contributed by atoms with E-state index in [1.165, 1.54) is 18.2 Å². The monoisotopic (exact) mass is 224 g/mol. The highest BCUT2D eigenvalue weighted by Gasteiger charge is 2.21. The molecule has 84 valence electrons. The summed E-state index contributed by atoms with van der Waals surface area (Å²) >= 11 is 0. The van der Waals surface area contributed by atoms with E-state index in [9.17, 15) is 0 Å². The normalized spacial score (nSPS) is 22.2. The van der Waals surface area contributed by atoms with Gasteiger partial charge in [-0.15, -0.1) is 5.10 Å². The molecular weight excluding hydrogens is 204 g/mol. The molecule has 0 radical (unpaired) electrons. The molecule has 0 aliphatic carbocycles. The predicted octanol–water partition coefficient (Wildman–Crippen LogP) is 0.575. The van der Waals surface area contributed by atoms with Gasteiger partial charge in [0.05, 0.1) is 11.9 Å². The van der Waals surface area contributed by atoms with E-state index < -0.39 is 8.07 Å². The number of rotatable bonds is 3. The minimum absolute atomic E-state index is 0.598. The molecule has 0 saturated carbocycles. The van der Waals surface area contributed by atoms with Crippen LogP contribution in [0.3, 0.4) is 0 Å². The Morgan fingerprint density at radius 1 is 1.53 bits per heavy atom. The molecule has 1 fully saturated rings. The van der Waals surface area contributed by atoms with Gasteiger partial charge >= 0.3 is 0 Å². The van der Waals surface area contributed by atoms with Gasteiger partial charge in [0.15, 0.2) is 0 Å². The molecule has 0 amide bonds. The van der Waals surface area contributed by atoms with Gasteiger partial charge in [-0.1, -0.05) is 24.9 Å². The highest BCUT2D eigenvalue weighted by atomic mass is 28.3. The summed E-state index contributed by atoms with van der Waals surface area (Å²) in [5.41, 5.74) is 0. The maximum absolute atomic E-state index is 4.28. The Morgan fingerprint density at radius 3 is 2.87 bits per heavy atom. The van der Waals surface area contributed by atoms with E-state index in [1.54, 1.807) is 0 Å². The number of hydrogen-bond donors (Lipinski definition) is 1. The molecule has 5 heteroatoms. The van der Waals surface area contributed by atoms with Crippen molar-refractivity contribution in [3.05, 3.63) is 6.20 Å². The topological polar surface area (TPSA) is 42.7 Å². The van der Waals surface area contributed by atoms with Crippen LogP contribution in [0, 0.1) is 0 Å². The number of nitrogens with one attached hydrogen (secondary N) is 1. The fourth-order valence-electron chi connectivity index (χ4n) is 1.87. The number of hydrogen-bond acceptors (Lipinski definition) is 3. The molecule has 1 saturated heterocycles. The van der Waals surface area contributed by atoms with E-state index in [0.717, 1.165) is 13.1 Å². The average Bonchev–Trinajstić information content (AvgIpc) is 2.73. The molecule has 1 aliphatic rings. The van der Waals surface area contributed by atoms with Gasteiger partial charge in [-0.25, -0.2) is 0 Å². The van der Waals surface area contributed by atoms with Crippen LogP contribution in [0.1, 0.15) is 12.8 Å². The molecule has 2 rings (SSSR count). The van der Waals surface area contributed by atoms with Crippen molar-refractivity contribution < 1.29 is 0 Å². The van der Waals surface area contributed by atoms with Crippen molar-refractivity contribution in [3.63, 3.8) is 0 Å². The molecule has 0 bridgehead atoms. The summed E-state index contributed by atoms with van der Waals surface area (Å²) in [6, 6.07) is 0.598. The van der Waals surface area contributed by atoms with Crippen molar-refractivity contribution in [2.75, 3.05) is 6.54 Å². The number of nitrogens with zero attached hydrogens (tertiary/aromatic N) is 3. The lowest BCUT2D eigenvalue weighted by atomic mass is 10.2. The molecule has 2 heterocycles. The van der Waals surface area contributed by atoms with Crippen LogP contribution < -0.4 is 10.6 Å². The van der Waals surface area contributed by atoms with E-state index >= 15 is 0 Å². The Labute approximate surface area is 92.1 Å². The molecule has 0 spiro atoms. The van der Waals surface area contributed by atoms with Gasteiger partial charge in [-0.05, 0) is 19.4 Å². The minimum atomic E-state index is -1.28. The molecule has 0 aromatic carbocycles. The van der Waals surface area contributed by atoms with E-state index in [1.807, 2.05) is 4.68 Å². The molecule has 15 heavy (non-hydrogen) atoms. The van der Waals surface area contributed by atoms with E-state index in [2.05, 4.69) is 41.5 Å². The summed E-state index contributed by atoms with van der Waals surface area (Å²) < 4.78 is 2.00. The molecule has 1 aromatic heterocycles. The Kier molecular flexibility index (Phi) is 2.93.